The van der Waals surface area contributed by atoms with Crippen molar-refractivity contribution in [3.63, 3.8) is 0 Å². The second-order valence-electron chi connectivity index (χ2n) is 3.03. The van der Waals surface area contributed by atoms with E-state index in [2.05, 4.69) is 21.9 Å². The Labute approximate surface area is 102 Å². The van der Waals surface area contributed by atoms with Crippen LogP contribution in [0.2, 0.25) is 0 Å². The quantitative estimate of drug-likeness (QED) is 0.620. The van der Waals surface area contributed by atoms with Crippen LogP contribution in [-0.4, -0.2) is 26.5 Å². The van der Waals surface area contributed by atoms with E-state index in [0.29, 0.717) is 0 Å². The summed E-state index contributed by atoms with van der Waals surface area (Å²) in [5, 5.41) is 3.70. The second-order valence-corrected chi connectivity index (χ2v) is 5.13. The number of imidazole rings is 1. The van der Waals surface area contributed by atoms with Crippen LogP contribution in [0.25, 0.3) is 0 Å². The van der Waals surface area contributed by atoms with Gasteiger partial charge in [-0.2, -0.15) is 0 Å². The zero-order valence-corrected chi connectivity index (χ0v) is 10.8. The molecule has 0 aromatic carbocycles. The monoisotopic (exact) mass is 252 g/mol. The highest BCUT2D eigenvalue weighted by atomic mass is 32.2. The molecule has 4 nitrogen and oxygen atoms in total. The molecule has 0 amide bonds. The van der Waals surface area contributed by atoms with Gasteiger partial charge in [0, 0.05) is 18.6 Å². The van der Waals surface area contributed by atoms with Crippen LogP contribution >= 0.6 is 23.1 Å². The molecule has 0 N–H and O–H groups in total. The average Bonchev–Trinajstić information content (AvgIpc) is 2.89. The number of thioether (sulfide) groups is 1. The van der Waals surface area contributed by atoms with Gasteiger partial charge in [-0.15, -0.1) is 11.3 Å². The maximum Gasteiger partial charge on any atom is 0.209 e. The summed E-state index contributed by atoms with van der Waals surface area (Å²) in [7, 11) is 1.99. The Bertz CT molecular complexity index is 473. The van der Waals surface area contributed by atoms with Crippen LogP contribution < -0.4 is 0 Å². The number of hydrogen-bond donors (Lipinski definition) is 0. The lowest BCUT2D eigenvalue weighted by Crippen LogP contribution is -1.96. The molecule has 0 saturated carbocycles. The van der Waals surface area contributed by atoms with E-state index in [1.807, 2.05) is 23.2 Å². The molecule has 0 unspecified atom stereocenters. The van der Waals surface area contributed by atoms with Crippen LogP contribution in [0.5, 0.6) is 0 Å². The molecule has 0 saturated heterocycles. The normalized spacial score (nSPS) is 11.4. The topological polar surface area (TPSA) is 43.1 Å². The van der Waals surface area contributed by atoms with Crippen molar-refractivity contribution in [2.45, 2.75) is 12.1 Å². The van der Waals surface area contributed by atoms with Gasteiger partial charge >= 0.3 is 0 Å². The highest BCUT2D eigenvalue weighted by molar-refractivity contribution is 7.99. The molecule has 2 heterocycles. The van der Waals surface area contributed by atoms with Gasteiger partial charge in [-0.3, -0.25) is 0 Å². The number of hydrogen-bond acceptors (Lipinski definition) is 5. The van der Waals surface area contributed by atoms with Crippen LogP contribution in [0.4, 0.5) is 5.13 Å². The summed E-state index contributed by atoms with van der Waals surface area (Å²) in [6.45, 7) is 2.11. The number of aromatic nitrogens is 3. The zero-order chi connectivity index (χ0) is 11.4. The molecule has 6 heteroatoms. The van der Waals surface area contributed by atoms with E-state index < -0.39 is 0 Å². The Kier molecular flexibility index (Phi) is 3.74. The van der Waals surface area contributed by atoms with Gasteiger partial charge in [-0.05, 0) is 5.75 Å². The van der Waals surface area contributed by atoms with Crippen molar-refractivity contribution in [1.82, 2.24) is 14.5 Å². The molecule has 0 fully saturated rings. The molecule has 84 valence electrons. The summed E-state index contributed by atoms with van der Waals surface area (Å²) >= 11 is 3.24. The van der Waals surface area contributed by atoms with Crippen molar-refractivity contribution >= 4 is 34.4 Å². The molecule has 2 rings (SSSR count). The highest BCUT2D eigenvalue weighted by Crippen LogP contribution is 2.17. The average molecular weight is 252 g/mol. The first kappa shape index (κ1) is 11.3. The lowest BCUT2D eigenvalue weighted by Gasteiger charge is -1.99. The molecule has 0 aliphatic rings. The lowest BCUT2D eigenvalue weighted by atomic mass is 10.5. The fraction of sp³-hybridized carbons (Fsp3) is 0.300. The number of nitrogens with zero attached hydrogens (tertiary/aromatic N) is 4. The molecular formula is C10H12N4S2. The fourth-order valence-electron chi connectivity index (χ4n) is 1.19. The number of aliphatic imine (C=N–C) groups is 1. The predicted octanol–water partition coefficient (Wildman–Crippen LogP) is 2.74. The van der Waals surface area contributed by atoms with E-state index in [0.717, 1.165) is 21.7 Å². The summed E-state index contributed by atoms with van der Waals surface area (Å²) in [6.07, 6.45) is 5.37. The van der Waals surface area contributed by atoms with Crippen molar-refractivity contribution in [2.75, 3.05) is 5.75 Å². The van der Waals surface area contributed by atoms with Gasteiger partial charge in [-0.1, -0.05) is 18.7 Å². The van der Waals surface area contributed by atoms with Crippen molar-refractivity contribution in [3.8, 4) is 0 Å². The maximum atomic E-state index is 4.32. The van der Waals surface area contributed by atoms with E-state index in [4.69, 9.17) is 0 Å². The third-order valence-corrected chi connectivity index (χ3v) is 3.59. The maximum absolute atomic E-state index is 4.32. The first-order valence-electron chi connectivity index (χ1n) is 4.89. The summed E-state index contributed by atoms with van der Waals surface area (Å²) in [6, 6.07) is 0. The van der Waals surface area contributed by atoms with Crippen LogP contribution in [0, 0.1) is 0 Å². The molecular weight excluding hydrogens is 240 g/mol. The lowest BCUT2D eigenvalue weighted by molar-refractivity contribution is 0.785. The molecule has 0 aliphatic heterocycles. The van der Waals surface area contributed by atoms with Crippen molar-refractivity contribution < 1.29 is 0 Å². The predicted molar refractivity (Wildman–Crippen MR) is 69.0 cm³/mol. The van der Waals surface area contributed by atoms with Gasteiger partial charge in [0.05, 0.1) is 18.1 Å². The summed E-state index contributed by atoms with van der Waals surface area (Å²) in [5.74, 6) is 1.02. The minimum Gasteiger partial charge on any atom is -0.321 e. The summed E-state index contributed by atoms with van der Waals surface area (Å²) < 4.78 is 2.03. The molecule has 0 spiro atoms. The van der Waals surface area contributed by atoms with Gasteiger partial charge in [0.25, 0.3) is 0 Å². The fourth-order valence-corrected chi connectivity index (χ4v) is 2.35. The first-order valence-corrected chi connectivity index (χ1v) is 6.76. The standard InChI is InChI=1S/C10H12N4S2/c1-3-15-10-13-7-8(14(10)2)6-12-9-11-4-5-16-9/h4-7H,3H2,1-2H3. The van der Waals surface area contributed by atoms with Gasteiger partial charge in [0.1, 0.15) is 0 Å². The Balaban J connectivity index is 2.16. The van der Waals surface area contributed by atoms with E-state index in [1.165, 1.54) is 11.3 Å². The third-order valence-electron chi connectivity index (χ3n) is 1.98. The smallest absolute Gasteiger partial charge is 0.209 e. The molecule has 0 atom stereocenters. The second kappa shape index (κ2) is 5.27. The molecule has 2 aromatic heterocycles. The Morgan fingerprint density at radius 2 is 2.44 bits per heavy atom. The van der Waals surface area contributed by atoms with Gasteiger partial charge in [-0.25, -0.2) is 15.0 Å². The minimum absolute atomic E-state index is 0.769. The van der Waals surface area contributed by atoms with E-state index >= 15 is 0 Å². The van der Waals surface area contributed by atoms with Crippen LogP contribution in [0.3, 0.4) is 0 Å². The van der Waals surface area contributed by atoms with Gasteiger partial charge in [0.15, 0.2) is 5.16 Å². The summed E-state index contributed by atoms with van der Waals surface area (Å²) in [4.78, 5) is 12.7. The molecule has 0 radical (unpaired) electrons. The van der Waals surface area contributed by atoms with E-state index in [1.54, 1.807) is 24.2 Å². The molecule has 0 aliphatic carbocycles. The number of rotatable bonds is 4. The summed E-state index contributed by atoms with van der Waals surface area (Å²) in [5.41, 5.74) is 0.992. The molecule has 2 aromatic rings. The van der Waals surface area contributed by atoms with E-state index in [9.17, 15) is 0 Å². The van der Waals surface area contributed by atoms with Crippen LogP contribution in [-0.2, 0) is 7.05 Å². The highest BCUT2D eigenvalue weighted by Gasteiger charge is 2.03. The van der Waals surface area contributed by atoms with Crippen LogP contribution in [0.15, 0.2) is 27.9 Å². The third kappa shape index (κ3) is 2.51. The van der Waals surface area contributed by atoms with Gasteiger partial charge in [0.2, 0.25) is 5.13 Å². The Hall–Kier alpha value is -1.14. The van der Waals surface area contributed by atoms with Crippen molar-refractivity contribution in [1.29, 1.82) is 0 Å². The van der Waals surface area contributed by atoms with Crippen molar-refractivity contribution in [3.05, 3.63) is 23.5 Å². The molecule has 16 heavy (non-hydrogen) atoms. The SMILES string of the molecule is CCSc1ncc(C=Nc2nccs2)n1C. The zero-order valence-electron chi connectivity index (χ0n) is 9.12. The molecule has 0 bridgehead atoms. The first-order chi connectivity index (χ1) is 7.81. The van der Waals surface area contributed by atoms with E-state index in [-0.39, 0.29) is 0 Å². The number of thiazole rings is 1. The van der Waals surface area contributed by atoms with Crippen molar-refractivity contribution in [2.24, 2.45) is 12.0 Å². The Morgan fingerprint density at radius 1 is 1.56 bits per heavy atom. The largest absolute Gasteiger partial charge is 0.321 e. The van der Waals surface area contributed by atoms with Crippen LogP contribution in [0.1, 0.15) is 12.6 Å². The minimum atomic E-state index is 0.769. The Morgan fingerprint density at radius 3 is 3.12 bits per heavy atom. The van der Waals surface area contributed by atoms with Gasteiger partial charge < -0.3 is 4.57 Å².